The fraction of sp³-hybridized carbons (Fsp3) is 0.636. The van der Waals surface area contributed by atoms with Gasteiger partial charge in [0, 0.05) is 0 Å². The third-order valence-electron chi connectivity index (χ3n) is 2.71. The first kappa shape index (κ1) is 9.78. The minimum Gasteiger partial charge on any atom is -0.0815 e. The highest BCUT2D eigenvalue weighted by Gasteiger charge is 2.24. The molecule has 1 heteroatoms. The molecule has 0 bridgehead atoms. The molecule has 1 aliphatic rings. The van der Waals surface area contributed by atoms with Crippen LogP contribution in [0.25, 0.3) is 0 Å². The molecule has 0 radical (unpaired) electrons. The van der Waals surface area contributed by atoms with E-state index in [0.29, 0.717) is 0 Å². The molecule has 1 rings (SSSR count). The summed E-state index contributed by atoms with van der Waals surface area (Å²) >= 11 is 0. The van der Waals surface area contributed by atoms with Crippen molar-refractivity contribution in [3.05, 3.63) is 23.4 Å². The van der Waals surface area contributed by atoms with Crippen LogP contribution in [-0.4, -0.2) is 8.07 Å². The minimum absolute atomic E-state index is 1.02. The summed E-state index contributed by atoms with van der Waals surface area (Å²) in [5.41, 5.74) is 0. The molecule has 0 saturated carbocycles. The van der Waals surface area contributed by atoms with Crippen molar-refractivity contribution in [1.82, 2.24) is 0 Å². The Hall–Kier alpha value is -0.303. The molecule has 0 heterocycles. The van der Waals surface area contributed by atoms with Gasteiger partial charge in [0.25, 0.3) is 0 Å². The number of unbranched alkanes of at least 4 members (excludes halogenated alkanes) is 1. The van der Waals surface area contributed by atoms with E-state index in [-0.39, 0.29) is 0 Å². The van der Waals surface area contributed by atoms with Crippen molar-refractivity contribution in [1.29, 1.82) is 0 Å². The molecule has 12 heavy (non-hydrogen) atoms. The molecule has 0 fully saturated rings. The monoisotopic (exact) mass is 180 g/mol. The van der Waals surface area contributed by atoms with Crippen molar-refractivity contribution in [2.24, 2.45) is 0 Å². The Bertz CT molecular complexity index is 199. The van der Waals surface area contributed by atoms with Gasteiger partial charge < -0.3 is 0 Å². The number of hydrogen-bond donors (Lipinski definition) is 0. The molecule has 0 aromatic rings. The van der Waals surface area contributed by atoms with E-state index < -0.39 is 8.07 Å². The van der Waals surface area contributed by atoms with Gasteiger partial charge in [0.15, 0.2) is 0 Å². The highest BCUT2D eigenvalue weighted by Crippen LogP contribution is 2.26. The van der Waals surface area contributed by atoms with Gasteiger partial charge in [0.2, 0.25) is 0 Å². The van der Waals surface area contributed by atoms with E-state index in [1.54, 1.807) is 5.20 Å². The van der Waals surface area contributed by atoms with Crippen LogP contribution in [0.3, 0.4) is 0 Å². The average Bonchev–Trinajstić information content (AvgIpc) is 2.53. The average molecular weight is 180 g/mol. The summed E-state index contributed by atoms with van der Waals surface area (Å²) in [4.78, 5) is 0. The maximum Gasteiger partial charge on any atom is 0.0802 e. The fourth-order valence-corrected chi connectivity index (χ4v) is 4.49. The Kier molecular flexibility index (Phi) is 3.33. The first-order valence-electron chi connectivity index (χ1n) is 5.04. The van der Waals surface area contributed by atoms with E-state index in [0.717, 1.165) is 0 Å². The molecule has 0 aromatic heterocycles. The molecule has 0 spiro atoms. The van der Waals surface area contributed by atoms with E-state index in [1.807, 2.05) is 0 Å². The normalized spacial score (nSPS) is 16.8. The number of allylic oxidation sites excluding steroid dienone is 4. The van der Waals surface area contributed by atoms with Crippen molar-refractivity contribution in [2.75, 3.05) is 0 Å². The maximum atomic E-state index is 2.49. The molecule has 0 saturated heterocycles. The van der Waals surface area contributed by atoms with Gasteiger partial charge in [-0.15, -0.1) is 0 Å². The minimum atomic E-state index is -1.02. The predicted molar refractivity (Wildman–Crippen MR) is 59.0 cm³/mol. The summed E-state index contributed by atoms with van der Waals surface area (Å²) in [6, 6.07) is 1.46. The lowest BCUT2D eigenvalue weighted by atomic mass is 10.4. The standard InChI is InChI=1S/C11H20Si/c1-4-5-10-12(2,3)11-8-6-7-9-11/h6,8-9H,4-5,7,10H2,1-3H3. The lowest BCUT2D eigenvalue weighted by Crippen LogP contribution is -2.27. The first-order valence-corrected chi connectivity index (χ1v) is 8.24. The second-order valence-corrected chi connectivity index (χ2v) is 9.13. The van der Waals surface area contributed by atoms with E-state index in [1.165, 1.54) is 25.3 Å². The van der Waals surface area contributed by atoms with Crippen LogP contribution in [0.5, 0.6) is 0 Å². The van der Waals surface area contributed by atoms with Gasteiger partial charge in [0.1, 0.15) is 0 Å². The Morgan fingerprint density at radius 3 is 2.67 bits per heavy atom. The first-order chi connectivity index (χ1) is 5.67. The topological polar surface area (TPSA) is 0 Å². The Morgan fingerprint density at radius 1 is 1.42 bits per heavy atom. The third-order valence-corrected chi connectivity index (χ3v) is 6.25. The largest absolute Gasteiger partial charge is 0.0815 e. The van der Waals surface area contributed by atoms with Crippen LogP contribution in [0, 0.1) is 0 Å². The van der Waals surface area contributed by atoms with Gasteiger partial charge in [-0.05, 0) is 6.42 Å². The van der Waals surface area contributed by atoms with Crippen LogP contribution < -0.4 is 0 Å². The zero-order chi connectivity index (χ0) is 9.03. The summed E-state index contributed by atoms with van der Waals surface area (Å²) in [5, 5.41) is 1.68. The van der Waals surface area contributed by atoms with Gasteiger partial charge in [-0.25, -0.2) is 0 Å². The molecular weight excluding hydrogens is 160 g/mol. The van der Waals surface area contributed by atoms with E-state index in [2.05, 4.69) is 38.2 Å². The van der Waals surface area contributed by atoms with Gasteiger partial charge in [-0.3, -0.25) is 0 Å². The fourth-order valence-electron chi connectivity index (χ4n) is 1.72. The lowest BCUT2D eigenvalue weighted by Gasteiger charge is -2.22. The Labute approximate surface area is 77.4 Å². The highest BCUT2D eigenvalue weighted by molar-refractivity contribution is 6.85. The van der Waals surface area contributed by atoms with E-state index in [9.17, 15) is 0 Å². The van der Waals surface area contributed by atoms with E-state index >= 15 is 0 Å². The molecule has 1 aliphatic carbocycles. The van der Waals surface area contributed by atoms with Crippen molar-refractivity contribution >= 4 is 8.07 Å². The zero-order valence-corrected chi connectivity index (χ0v) is 9.56. The Balaban J connectivity index is 2.52. The quantitative estimate of drug-likeness (QED) is 0.575. The van der Waals surface area contributed by atoms with Crippen LogP contribution in [-0.2, 0) is 0 Å². The van der Waals surface area contributed by atoms with Crippen LogP contribution in [0.4, 0.5) is 0 Å². The SMILES string of the molecule is CCCC[Si](C)(C)C1=CCC=C1. The number of hydrogen-bond acceptors (Lipinski definition) is 0. The summed E-state index contributed by atoms with van der Waals surface area (Å²) < 4.78 is 0. The van der Waals surface area contributed by atoms with Crippen molar-refractivity contribution in [3.8, 4) is 0 Å². The maximum absolute atomic E-state index is 2.49. The van der Waals surface area contributed by atoms with Gasteiger partial charge >= 0.3 is 0 Å². The molecule has 0 unspecified atom stereocenters. The summed E-state index contributed by atoms with van der Waals surface area (Å²) in [6.07, 6.45) is 11.0. The van der Waals surface area contributed by atoms with Crippen molar-refractivity contribution in [2.45, 2.75) is 45.3 Å². The Morgan fingerprint density at radius 2 is 2.17 bits per heavy atom. The smallest absolute Gasteiger partial charge is 0.0802 e. The van der Waals surface area contributed by atoms with Crippen LogP contribution in [0.2, 0.25) is 19.1 Å². The highest BCUT2D eigenvalue weighted by atomic mass is 28.3. The molecule has 0 N–H and O–H groups in total. The summed E-state index contributed by atoms with van der Waals surface area (Å²) in [6.45, 7) is 7.26. The second kappa shape index (κ2) is 4.08. The summed E-state index contributed by atoms with van der Waals surface area (Å²) in [5.74, 6) is 0. The van der Waals surface area contributed by atoms with Gasteiger partial charge in [0.05, 0.1) is 8.07 Å². The van der Waals surface area contributed by atoms with Crippen molar-refractivity contribution in [3.63, 3.8) is 0 Å². The van der Waals surface area contributed by atoms with E-state index in [4.69, 9.17) is 0 Å². The molecule has 0 aliphatic heterocycles. The van der Waals surface area contributed by atoms with Gasteiger partial charge in [-0.1, -0.05) is 62.3 Å². The summed E-state index contributed by atoms with van der Waals surface area (Å²) in [7, 11) is -1.02. The molecular formula is C11H20Si. The van der Waals surface area contributed by atoms with Gasteiger partial charge in [-0.2, -0.15) is 0 Å². The van der Waals surface area contributed by atoms with Crippen LogP contribution in [0.1, 0.15) is 26.2 Å². The van der Waals surface area contributed by atoms with Crippen LogP contribution >= 0.6 is 0 Å². The van der Waals surface area contributed by atoms with Crippen molar-refractivity contribution < 1.29 is 0 Å². The molecule has 0 aromatic carbocycles. The van der Waals surface area contributed by atoms with Crippen LogP contribution in [0.15, 0.2) is 23.4 Å². The molecule has 0 amide bonds. The second-order valence-electron chi connectivity index (χ2n) is 4.28. The predicted octanol–water partition coefficient (Wildman–Crippen LogP) is 3.92. The molecule has 68 valence electrons. The number of rotatable bonds is 4. The zero-order valence-electron chi connectivity index (χ0n) is 8.56. The molecule has 0 atom stereocenters. The third kappa shape index (κ3) is 2.34. The molecule has 0 nitrogen and oxygen atoms in total. The lowest BCUT2D eigenvalue weighted by molar-refractivity contribution is 0.869.